The minimum Gasteiger partial charge on any atom is -0.446 e. The first-order chi connectivity index (χ1) is 10.4. The number of benzene rings is 1. The number of hydrogen-bond donors (Lipinski definition) is 0. The minimum atomic E-state index is -0.481. The molecule has 1 aliphatic rings. The molecule has 0 saturated heterocycles. The van der Waals surface area contributed by atoms with E-state index in [9.17, 15) is 4.79 Å². The van der Waals surface area contributed by atoms with Crippen LogP contribution in [-0.2, 0) is 9.47 Å². The van der Waals surface area contributed by atoms with E-state index in [4.69, 9.17) is 9.47 Å². The molecule has 0 aromatic heterocycles. The Morgan fingerprint density at radius 3 is 2.77 bits per heavy atom. The summed E-state index contributed by atoms with van der Waals surface area (Å²) in [5, 5.41) is 0. The van der Waals surface area contributed by atoms with Crippen LogP contribution in [0.1, 0.15) is 33.3 Å². The molecule has 0 aliphatic carbocycles. The van der Waals surface area contributed by atoms with Gasteiger partial charge >= 0.3 is 6.09 Å². The Morgan fingerprint density at radius 1 is 1.32 bits per heavy atom. The van der Waals surface area contributed by atoms with E-state index in [1.54, 1.807) is 4.90 Å². The second-order valence-electron chi connectivity index (χ2n) is 6.59. The van der Waals surface area contributed by atoms with Crippen molar-refractivity contribution < 1.29 is 14.3 Å². The molecule has 0 N–H and O–H groups in total. The molecule has 1 amide bonds. The van der Waals surface area contributed by atoms with Gasteiger partial charge in [-0.1, -0.05) is 44.2 Å². The minimum absolute atomic E-state index is 0.237. The van der Waals surface area contributed by atoms with Crippen LogP contribution in [0.25, 0.3) is 6.08 Å². The Morgan fingerprint density at radius 2 is 2.05 bits per heavy atom. The second kappa shape index (κ2) is 6.97. The number of amides is 1. The van der Waals surface area contributed by atoms with Gasteiger partial charge in [-0.2, -0.15) is 0 Å². The van der Waals surface area contributed by atoms with Crippen molar-refractivity contribution in [3.8, 4) is 0 Å². The molecule has 1 aromatic rings. The second-order valence-corrected chi connectivity index (χ2v) is 6.59. The van der Waals surface area contributed by atoms with Crippen LogP contribution in [0.4, 0.5) is 10.5 Å². The lowest BCUT2D eigenvalue weighted by molar-refractivity contribution is -0.0655. The normalized spacial score (nSPS) is 14.1. The van der Waals surface area contributed by atoms with E-state index in [0.717, 1.165) is 11.3 Å². The molecule has 0 saturated carbocycles. The van der Waals surface area contributed by atoms with Crippen LogP contribution in [0, 0.1) is 5.92 Å². The van der Waals surface area contributed by atoms with Crippen molar-refractivity contribution in [2.24, 2.45) is 5.92 Å². The van der Waals surface area contributed by atoms with E-state index in [1.165, 1.54) is 0 Å². The number of para-hydroxylation sites is 1. The molecule has 22 heavy (non-hydrogen) atoms. The van der Waals surface area contributed by atoms with E-state index in [-0.39, 0.29) is 12.7 Å². The number of carbonyl (C=O) groups excluding carboxylic acids is 1. The molecule has 1 heterocycles. The number of carbonyl (C=O) groups is 1. The number of fused-ring (bicyclic) bond motifs is 1. The fraction of sp³-hybridized carbons (Fsp3) is 0.500. The summed E-state index contributed by atoms with van der Waals surface area (Å²) in [6, 6.07) is 7.80. The molecule has 0 atom stereocenters. The maximum atomic E-state index is 12.4. The molecule has 120 valence electrons. The third kappa shape index (κ3) is 4.34. The molecule has 2 rings (SSSR count). The van der Waals surface area contributed by atoms with E-state index in [0.29, 0.717) is 19.1 Å². The van der Waals surface area contributed by atoms with Crippen molar-refractivity contribution in [2.45, 2.75) is 33.3 Å². The van der Waals surface area contributed by atoms with Crippen molar-refractivity contribution in [2.75, 3.05) is 24.7 Å². The summed E-state index contributed by atoms with van der Waals surface area (Å²) in [5.74, 6) is 0.453. The predicted octanol–water partition coefficient (Wildman–Crippen LogP) is 4.11. The largest absolute Gasteiger partial charge is 0.446 e. The first-order valence-electron chi connectivity index (χ1n) is 7.73. The van der Waals surface area contributed by atoms with Gasteiger partial charge in [0.2, 0.25) is 0 Å². The Balaban J connectivity index is 1.94. The fourth-order valence-corrected chi connectivity index (χ4v) is 2.18. The summed E-state index contributed by atoms with van der Waals surface area (Å²) in [7, 11) is 0. The van der Waals surface area contributed by atoms with Gasteiger partial charge in [0.25, 0.3) is 0 Å². The van der Waals surface area contributed by atoms with Crippen LogP contribution >= 0.6 is 0 Å². The topological polar surface area (TPSA) is 38.8 Å². The van der Waals surface area contributed by atoms with Crippen molar-refractivity contribution in [3.63, 3.8) is 0 Å². The molecular formula is C18H25NO3. The van der Waals surface area contributed by atoms with Crippen LogP contribution < -0.4 is 4.90 Å². The quantitative estimate of drug-likeness (QED) is 0.821. The number of hydrogen-bond acceptors (Lipinski definition) is 3. The summed E-state index contributed by atoms with van der Waals surface area (Å²) in [4.78, 5) is 14.0. The Hall–Kier alpha value is -1.81. The number of rotatable bonds is 5. The first-order valence-corrected chi connectivity index (χ1v) is 7.73. The van der Waals surface area contributed by atoms with Crippen molar-refractivity contribution in [1.29, 1.82) is 0 Å². The van der Waals surface area contributed by atoms with Crippen molar-refractivity contribution >= 4 is 17.9 Å². The average molecular weight is 303 g/mol. The molecule has 0 radical (unpaired) electrons. The molecule has 4 nitrogen and oxygen atoms in total. The van der Waals surface area contributed by atoms with Gasteiger partial charge in [-0.25, -0.2) is 4.79 Å². The van der Waals surface area contributed by atoms with Crippen LogP contribution in [0.15, 0.2) is 30.3 Å². The molecule has 0 spiro atoms. The van der Waals surface area contributed by atoms with E-state index >= 15 is 0 Å². The van der Waals surface area contributed by atoms with Gasteiger partial charge < -0.3 is 9.47 Å². The number of nitrogens with zero attached hydrogens (tertiary/aromatic N) is 1. The maximum Gasteiger partial charge on any atom is 0.414 e. The highest BCUT2D eigenvalue weighted by Crippen LogP contribution is 2.26. The smallest absolute Gasteiger partial charge is 0.414 e. The number of ether oxygens (including phenoxy) is 2. The summed E-state index contributed by atoms with van der Waals surface area (Å²) in [6.45, 7) is 9.49. The van der Waals surface area contributed by atoms with Gasteiger partial charge in [-0.15, -0.1) is 0 Å². The van der Waals surface area contributed by atoms with Gasteiger partial charge in [0.05, 0.1) is 11.3 Å². The molecule has 0 unspecified atom stereocenters. The van der Waals surface area contributed by atoms with Crippen LogP contribution in [-0.4, -0.2) is 31.5 Å². The van der Waals surface area contributed by atoms with Gasteiger partial charge in [0, 0.05) is 13.2 Å². The molecule has 0 bridgehead atoms. The SMILES string of the molecule is CC(C)COC(C)(C)COC(=O)N1CC=Cc2ccccc21. The van der Waals surface area contributed by atoms with Crippen molar-refractivity contribution in [3.05, 3.63) is 35.9 Å². The van der Waals surface area contributed by atoms with Gasteiger partial charge in [-0.3, -0.25) is 4.90 Å². The summed E-state index contributed by atoms with van der Waals surface area (Å²) in [6.07, 6.45) is 3.65. The zero-order valence-corrected chi connectivity index (χ0v) is 13.8. The maximum absolute atomic E-state index is 12.4. The third-order valence-corrected chi connectivity index (χ3v) is 3.38. The Bertz CT molecular complexity index is 549. The highest BCUT2D eigenvalue weighted by atomic mass is 16.6. The van der Waals surface area contributed by atoms with E-state index in [2.05, 4.69) is 13.8 Å². The Kier molecular flexibility index (Phi) is 5.24. The monoisotopic (exact) mass is 303 g/mol. The zero-order valence-electron chi connectivity index (χ0n) is 13.8. The third-order valence-electron chi connectivity index (χ3n) is 3.38. The number of anilines is 1. The van der Waals surface area contributed by atoms with Crippen molar-refractivity contribution in [1.82, 2.24) is 0 Å². The van der Waals surface area contributed by atoms with Gasteiger partial charge in [-0.05, 0) is 31.4 Å². The lowest BCUT2D eigenvalue weighted by Crippen LogP contribution is -2.39. The predicted molar refractivity (Wildman–Crippen MR) is 89.0 cm³/mol. The van der Waals surface area contributed by atoms with Gasteiger partial charge in [0.15, 0.2) is 0 Å². The van der Waals surface area contributed by atoms with Crippen LogP contribution in [0.3, 0.4) is 0 Å². The summed E-state index contributed by atoms with van der Waals surface area (Å²) >= 11 is 0. The van der Waals surface area contributed by atoms with E-state index < -0.39 is 5.60 Å². The molecular weight excluding hydrogens is 278 g/mol. The van der Waals surface area contributed by atoms with Gasteiger partial charge in [0.1, 0.15) is 6.61 Å². The van der Waals surface area contributed by atoms with Crippen LogP contribution in [0.2, 0.25) is 0 Å². The molecule has 4 heteroatoms. The molecule has 1 aliphatic heterocycles. The fourth-order valence-electron chi connectivity index (χ4n) is 2.18. The van der Waals surface area contributed by atoms with E-state index in [1.807, 2.05) is 50.3 Å². The average Bonchev–Trinajstić information content (AvgIpc) is 2.50. The summed E-state index contributed by atoms with van der Waals surface area (Å²) < 4.78 is 11.3. The van der Waals surface area contributed by atoms with Crippen LogP contribution in [0.5, 0.6) is 0 Å². The highest BCUT2D eigenvalue weighted by molar-refractivity contribution is 5.92. The zero-order chi connectivity index (χ0) is 16.2. The first kappa shape index (κ1) is 16.6. The lowest BCUT2D eigenvalue weighted by Gasteiger charge is -2.29. The Labute approximate surface area is 132 Å². The highest BCUT2D eigenvalue weighted by Gasteiger charge is 2.25. The molecule has 0 fully saturated rings. The summed E-state index contributed by atoms with van der Waals surface area (Å²) in [5.41, 5.74) is 1.43. The standard InChI is InChI=1S/C18H25NO3/c1-14(2)12-22-18(3,4)13-21-17(20)19-11-7-9-15-8-5-6-10-16(15)19/h5-10,14H,11-13H2,1-4H3. The lowest BCUT2D eigenvalue weighted by atomic mass is 10.1. The molecule has 1 aromatic carbocycles.